The first-order chi connectivity index (χ1) is 12.6. The molecule has 3 aromatic rings. The number of amides is 1. The quantitative estimate of drug-likeness (QED) is 0.771. The normalized spacial score (nSPS) is 16.0. The summed E-state index contributed by atoms with van der Waals surface area (Å²) in [7, 11) is 1.64. The van der Waals surface area contributed by atoms with Crippen molar-refractivity contribution in [3.8, 4) is 0 Å². The molecule has 1 fully saturated rings. The Morgan fingerprint density at radius 2 is 1.92 bits per heavy atom. The van der Waals surface area contributed by atoms with Crippen LogP contribution in [0, 0.1) is 0 Å². The molecule has 0 radical (unpaired) electrons. The zero-order valence-corrected chi connectivity index (χ0v) is 15.5. The van der Waals surface area contributed by atoms with E-state index in [1.165, 1.54) is 4.68 Å². The Balaban J connectivity index is 1.63. The maximum absolute atomic E-state index is 13.1. The minimum absolute atomic E-state index is 0.0668. The lowest BCUT2D eigenvalue weighted by Crippen LogP contribution is -2.42. The highest BCUT2D eigenvalue weighted by Crippen LogP contribution is 2.43. The van der Waals surface area contributed by atoms with Gasteiger partial charge in [-0.1, -0.05) is 37.1 Å². The van der Waals surface area contributed by atoms with Crippen LogP contribution in [0.4, 0.5) is 0 Å². The molecule has 1 aliphatic carbocycles. The van der Waals surface area contributed by atoms with Crippen molar-refractivity contribution in [2.75, 3.05) is 0 Å². The first-order valence-electron chi connectivity index (χ1n) is 8.89. The molecule has 6 heteroatoms. The van der Waals surface area contributed by atoms with Crippen LogP contribution in [0.3, 0.4) is 0 Å². The van der Waals surface area contributed by atoms with E-state index in [2.05, 4.69) is 16.5 Å². The van der Waals surface area contributed by atoms with Crippen LogP contribution in [0.1, 0.15) is 36.3 Å². The van der Waals surface area contributed by atoms with E-state index in [9.17, 15) is 9.59 Å². The number of nitrogens with one attached hydrogen (secondary N) is 1. The number of fused-ring (bicyclic) bond motifs is 1. The van der Waals surface area contributed by atoms with Crippen LogP contribution in [0.2, 0.25) is 0 Å². The average Bonchev–Trinajstić information content (AvgIpc) is 3.35. The fourth-order valence-corrected chi connectivity index (χ4v) is 4.94. The maximum Gasteiger partial charge on any atom is 0.274 e. The molecule has 0 unspecified atom stereocenters. The monoisotopic (exact) mass is 367 g/mol. The second-order valence-corrected chi connectivity index (χ2v) is 7.82. The topological polar surface area (TPSA) is 64.0 Å². The SMILES string of the molecule is Cn1nc(CNC(=O)C2(c3cccs3)CCCC2)c2ccccc2c1=O. The van der Waals surface area contributed by atoms with Crippen LogP contribution in [0.15, 0.2) is 46.6 Å². The molecule has 0 bridgehead atoms. The summed E-state index contributed by atoms with van der Waals surface area (Å²) in [6.07, 6.45) is 3.93. The average molecular weight is 367 g/mol. The molecule has 2 aromatic heterocycles. The first kappa shape index (κ1) is 17.0. The molecule has 1 amide bonds. The largest absolute Gasteiger partial charge is 0.350 e. The standard InChI is InChI=1S/C20H21N3O2S/c1-23-18(24)15-8-3-2-7-14(15)16(22-23)13-21-19(25)20(10-4-5-11-20)17-9-6-12-26-17/h2-3,6-9,12H,4-5,10-11,13H2,1H3,(H,21,25). The summed E-state index contributed by atoms with van der Waals surface area (Å²) in [5.74, 6) is 0.0668. The van der Waals surface area contributed by atoms with E-state index < -0.39 is 5.41 Å². The number of nitrogens with zero attached hydrogens (tertiary/aromatic N) is 2. The molecule has 4 rings (SSSR count). The van der Waals surface area contributed by atoms with Crippen molar-refractivity contribution in [2.45, 2.75) is 37.6 Å². The Kier molecular flexibility index (Phi) is 4.36. The Hall–Kier alpha value is -2.47. The number of aromatic nitrogens is 2. The van der Waals surface area contributed by atoms with Gasteiger partial charge in [-0.2, -0.15) is 5.10 Å². The van der Waals surface area contributed by atoms with Gasteiger partial charge in [-0.15, -0.1) is 11.3 Å². The summed E-state index contributed by atoms with van der Waals surface area (Å²) in [6, 6.07) is 11.5. The smallest absolute Gasteiger partial charge is 0.274 e. The Morgan fingerprint density at radius 3 is 2.62 bits per heavy atom. The summed E-state index contributed by atoms with van der Waals surface area (Å²) < 4.78 is 1.34. The van der Waals surface area contributed by atoms with Gasteiger partial charge in [0, 0.05) is 17.3 Å². The van der Waals surface area contributed by atoms with Crippen molar-refractivity contribution in [3.05, 3.63) is 62.7 Å². The fourth-order valence-electron chi connectivity index (χ4n) is 3.95. The van der Waals surface area contributed by atoms with Crippen molar-refractivity contribution in [1.82, 2.24) is 15.1 Å². The van der Waals surface area contributed by atoms with Gasteiger partial charge in [0.15, 0.2) is 0 Å². The van der Waals surface area contributed by atoms with Crippen molar-refractivity contribution in [2.24, 2.45) is 7.05 Å². The van der Waals surface area contributed by atoms with Crippen LogP contribution in [-0.4, -0.2) is 15.7 Å². The molecule has 0 aliphatic heterocycles. The molecule has 1 saturated carbocycles. The third-order valence-electron chi connectivity index (χ3n) is 5.33. The van der Waals surface area contributed by atoms with E-state index in [1.54, 1.807) is 24.5 Å². The van der Waals surface area contributed by atoms with Crippen LogP contribution < -0.4 is 10.9 Å². The molecule has 2 heterocycles. The predicted molar refractivity (Wildman–Crippen MR) is 103 cm³/mol. The van der Waals surface area contributed by atoms with Crippen molar-refractivity contribution < 1.29 is 4.79 Å². The third kappa shape index (κ3) is 2.74. The molecule has 1 aromatic carbocycles. The molecule has 1 N–H and O–H groups in total. The molecule has 0 spiro atoms. The van der Waals surface area contributed by atoms with Crippen molar-refractivity contribution in [3.63, 3.8) is 0 Å². The minimum Gasteiger partial charge on any atom is -0.350 e. The number of aryl methyl sites for hydroxylation is 1. The van der Waals surface area contributed by atoms with Crippen molar-refractivity contribution in [1.29, 1.82) is 0 Å². The van der Waals surface area contributed by atoms with Gasteiger partial charge in [-0.3, -0.25) is 9.59 Å². The Labute approximate surface area is 155 Å². The maximum atomic E-state index is 13.1. The van der Waals surface area contributed by atoms with E-state index in [4.69, 9.17) is 0 Å². The minimum atomic E-state index is -0.412. The van der Waals surface area contributed by atoms with Gasteiger partial charge in [-0.05, 0) is 30.4 Å². The fraction of sp³-hybridized carbons (Fsp3) is 0.350. The highest BCUT2D eigenvalue weighted by atomic mass is 32.1. The van der Waals surface area contributed by atoms with E-state index in [0.29, 0.717) is 11.9 Å². The van der Waals surface area contributed by atoms with Gasteiger partial charge in [0.1, 0.15) is 0 Å². The summed E-state index contributed by atoms with van der Waals surface area (Å²) in [4.78, 5) is 26.5. The molecule has 1 aliphatic rings. The van der Waals surface area contributed by atoms with Crippen molar-refractivity contribution >= 4 is 28.0 Å². The van der Waals surface area contributed by atoms with Crippen LogP contribution in [0.25, 0.3) is 10.8 Å². The summed E-state index contributed by atoms with van der Waals surface area (Å²) in [5.41, 5.74) is 0.182. The predicted octanol–water partition coefficient (Wildman–Crippen LogP) is 3.12. The molecule has 26 heavy (non-hydrogen) atoms. The van der Waals surface area contributed by atoms with Gasteiger partial charge in [-0.25, -0.2) is 4.68 Å². The summed E-state index contributed by atoms with van der Waals surface area (Å²) in [6.45, 7) is 0.320. The molecule has 134 valence electrons. The lowest BCUT2D eigenvalue weighted by atomic mass is 9.83. The highest BCUT2D eigenvalue weighted by molar-refractivity contribution is 7.10. The molecule has 5 nitrogen and oxygen atoms in total. The molecule has 0 saturated heterocycles. The molecular formula is C20H21N3O2S. The van der Waals surface area contributed by atoms with Crippen LogP contribution in [-0.2, 0) is 23.8 Å². The first-order valence-corrected chi connectivity index (χ1v) is 9.77. The number of rotatable bonds is 4. The molecular weight excluding hydrogens is 346 g/mol. The van der Waals surface area contributed by atoms with Gasteiger partial charge in [0.25, 0.3) is 5.56 Å². The highest BCUT2D eigenvalue weighted by Gasteiger charge is 2.43. The Bertz CT molecular complexity index is 1000. The zero-order valence-electron chi connectivity index (χ0n) is 14.7. The summed E-state index contributed by atoms with van der Waals surface area (Å²) >= 11 is 1.65. The number of hydrogen-bond acceptors (Lipinski definition) is 4. The van der Waals surface area contributed by atoms with Gasteiger partial charge in [0.2, 0.25) is 5.91 Å². The van der Waals surface area contributed by atoms with E-state index >= 15 is 0 Å². The second-order valence-electron chi connectivity index (χ2n) is 6.87. The summed E-state index contributed by atoms with van der Waals surface area (Å²) in [5, 5.41) is 10.9. The van der Waals surface area contributed by atoms with E-state index in [0.717, 1.165) is 41.6 Å². The zero-order chi connectivity index (χ0) is 18.1. The van der Waals surface area contributed by atoms with Gasteiger partial charge >= 0.3 is 0 Å². The van der Waals surface area contributed by atoms with Gasteiger partial charge in [0.05, 0.1) is 23.0 Å². The number of thiophene rings is 1. The van der Waals surface area contributed by atoms with E-state index in [1.807, 2.05) is 29.6 Å². The third-order valence-corrected chi connectivity index (χ3v) is 6.41. The lowest BCUT2D eigenvalue weighted by Gasteiger charge is -2.26. The number of benzene rings is 1. The Morgan fingerprint density at radius 1 is 1.19 bits per heavy atom. The molecule has 0 atom stereocenters. The van der Waals surface area contributed by atoms with E-state index in [-0.39, 0.29) is 11.5 Å². The van der Waals surface area contributed by atoms with Crippen LogP contribution in [0.5, 0.6) is 0 Å². The number of carbonyl (C=O) groups is 1. The number of carbonyl (C=O) groups excluding carboxylic acids is 1. The number of hydrogen-bond donors (Lipinski definition) is 1. The van der Waals surface area contributed by atoms with Crippen LogP contribution >= 0.6 is 11.3 Å². The second kappa shape index (κ2) is 6.68. The lowest BCUT2D eigenvalue weighted by molar-refractivity contribution is -0.126. The van der Waals surface area contributed by atoms with Gasteiger partial charge < -0.3 is 5.32 Å².